The third-order valence-corrected chi connectivity index (χ3v) is 5.42. The summed E-state index contributed by atoms with van der Waals surface area (Å²) >= 11 is 0. The van der Waals surface area contributed by atoms with Gasteiger partial charge >= 0.3 is 0 Å². The van der Waals surface area contributed by atoms with Crippen LogP contribution in [0.2, 0.25) is 0 Å². The van der Waals surface area contributed by atoms with Gasteiger partial charge in [0.05, 0.1) is 12.3 Å². The van der Waals surface area contributed by atoms with Gasteiger partial charge in [0.15, 0.2) is 0 Å². The first-order valence-electron chi connectivity index (χ1n) is 10.00. The molecule has 0 saturated carbocycles. The Balaban J connectivity index is 1.41. The molecule has 1 fully saturated rings. The largest absolute Gasteiger partial charge is 0.381 e. The molecule has 2 aliphatic rings. The van der Waals surface area contributed by atoms with Crippen LogP contribution in [0.5, 0.6) is 0 Å². The van der Waals surface area contributed by atoms with Crippen molar-refractivity contribution >= 4 is 17.3 Å². The lowest BCUT2D eigenvalue weighted by Crippen LogP contribution is -2.46. The van der Waals surface area contributed by atoms with E-state index in [4.69, 9.17) is 0 Å². The molecule has 0 radical (unpaired) electrons. The zero-order valence-electron chi connectivity index (χ0n) is 16.9. The van der Waals surface area contributed by atoms with Gasteiger partial charge < -0.3 is 15.1 Å². The molecule has 2 heterocycles. The van der Waals surface area contributed by atoms with Crippen molar-refractivity contribution in [2.24, 2.45) is 4.99 Å². The number of fused-ring (bicyclic) bond motifs is 1. The van der Waals surface area contributed by atoms with Crippen molar-refractivity contribution < 1.29 is 13.6 Å². The van der Waals surface area contributed by atoms with Crippen molar-refractivity contribution in [1.29, 1.82) is 0 Å². The standard InChI is InChI=1S/C23H24F2N4O/c1-28-6-8-29(9-7-28)23(30)5-4-22-21-13-20(3-2-17(21)15-27-22)26-14-16-10-18(24)12-19(25)11-16/h2-5,10-13,26H,6-9,14-15H2,1H3/b5-4+. The van der Waals surface area contributed by atoms with E-state index in [2.05, 4.69) is 22.3 Å². The molecule has 30 heavy (non-hydrogen) atoms. The molecule has 5 nitrogen and oxygen atoms in total. The second-order valence-electron chi connectivity index (χ2n) is 7.67. The van der Waals surface area contributed by atoms with E-state index in [-0.39, 0.29) is 5.91 Å². The minimum absolute atomic E-state index is 0.00154. The molecule has 156 valence electrons. The second-order valence-corrected chi connectivity index (χ2v) is 7.67. The fraction of sp³-hybridized carbons (Fsp3) is 0.304. The predicted molar refractivity (Wildman–Crippen MR) is 114 cm³/mol. The molecule has 1 saturated heterocycles. The first-order chi connectivity index (χ1) is 14.5. The van der Waals surface area contributed by atoms with Crippen LogP contribution in [-0.2, 0) is 17.9 Å². The summed E-state index contributed by atoms with van der Waals surface area (Å²) in [7, 11) is 2.05. The number of piperazine rings is 1. The number of nitrogens with zero attached hydrogens (tertiary/aromatic N) is 3. The molecule has 2 aromatic carbocycles. The van der Waals surface area contributed by atoms with Gasteiger partial charge in [0, 0.05) is 56.1 Å². The summed E-state index contributed by atoms with van der Waals surface area (Å²) in [6, 6.07) is 9.34. The number of carbonyl (C=O) groups excluding carboxylic acids is 1. The number of aliphatic imine (C=N–C) groups is 1. The van der Waals surface area contributed by atoms with Crippen molar-refractivity contribution in [2.45, 2.75) is 13.1 Å². The average molecular weight is 410 g/mol. The molecule has 1 amide bonds. The Kier molecular flexibility index (Phi) is 5.90. The summed E-state index contributed by atoms with van der Waals surface area (Å²) < 4.78 is 26.7. The summed E-state index contributed by atoms with van der Waals surface area (Å²) in [5.41, 5.74) is 4.18. The van der Waals surface area contributed by atoms with Crippen LogP contribution in [0.3, 0.4) is 0 Å². The molecule has 7 heteroatoms. The number of allylic oxidation sites excluding steroid dienone is 1. The number of likely N-dealkylation sites (N-methyl/N-ethyl adjacent to an activating group) is 1. The van der Waals surface area contributed by atoms with Gasteiger partial charge in [-0.2, -0.15) is 0 Å². The van der Waals surface area contributed by atoms with Crippen molar-refractivity contribution in [3.63, 3.8) is 0 Å². The van der Waals surface area contributed by atoms with Crippen molar-refractivity contribution in [2.75, 3.05) is 38.5 Å². The maximum atomic E-state index is 13.4. The van der Waals surface area contributed by atoms with E-state index >= 15 is 0 Å². The maximum absolute atomic E-state index is 13.4. The molecule has 1 N–H and O–H groups in total. The SMILES string of the molecule is CN1CCN(C(=O)/C=C/C2=NCc3ccc(NCc4cc(F)cc(F)c4)cc32)CC1. The zero-order valence-corrected chi connectivity index (χ0v) is 16.9. The van der Waals surface area contributed by atoms with Crippen LogP contribution in [0.1, 0.15) is 16.7 Å². The van der Waals surface area contributed by atoms with Crippen LogP contribution in [-0.4, -0.2) is 54.6 Å². The number of halogens is 2. The van der Waals surface area contributed by atoms with Crippen LogP contribution in [0.15, 0.2) is 53.5 Å². The normalized spacial score (nSPS) is 16.6. The fourth-order valence-electron chi connectivity index (χ4n) is 3.66. The number of nitrogens with one attached hydrogen (secondary N) is 1. The van der Waals surface area contributed by atoms with Gasteiger partial charge in [-0.05, 0) is 48.5 Å². The number of hydrogen-bond donors (Lipinski definition) is 1. The Morgan fingerprint density at radius 2 is 1.83 bits per heavy atom. The molecule has 2 aliphatic heterocycles. The number of benzene rings is 2. The number of hydrogen-bond acceptors (Lipinski definition) is 4. The molecule has 0 atom stereocenters. The predicted octanol–water partition coefficient (Wildman–Crippen LogP) is 3.21. The molecule has 0 bridgehead atoms. The highest BCUT2D eigenvalue weighted by Crippen LogP contribution is 2.24. The Labute approximate surface area is 174 Å². The van der Waals surface area contributed by atoms with E-state index in [0.29, 0.717) is 18.7 Å². The van der Waals surface area contributed by atoms with Crippen molar-refractivity contribution in [3.8, 4) is 0 Å². The number of rotatable bonds is 5. The molecule has 0 unspecified atom stereocenters. The van der Waals surface area contributed by atoms with Gasteiger partial charge in [0.25, 0.3) is 0 Å². The maximum Gasteiger partial charge on any atom is 0.246 e. The lowest BCUT2D eigenvalue weighted by Gasteiger charge is -2.31. The highest BCUT2D eigenvalue weighted by Gasteiger charge is 2.18. The van der Waals surface area contributed by atoms with E-state index < -0.39 is 11.6 Å². The van der Waals surface area contributed by atoms with Crippen molar-refractivity contribution in [1.82, 2.24) is 9.80 Å². The molecular weight excluding hydrogens is 386 g/mol. The van der Waals surface area contributed by atoms with Crippen LogP contribution in [0.4, 0.5) is 14.5 Å². The van der Waals surface area contributed by atoms with E-state index in [1.165, 1.54) is 12.1 Å². The first kappa shape index (κ1) is 20.2. The van der Waals surface area contributed by atoms with Gasteiger partial charge in [-0.15, -0.1) is 0 Å². The minimum Gasteiger partial charge on any atom is -0.381 e. The molecule has 0 aliphatic carbocycles. The lowest BCUT2D eigenvalue weighted by atomic mass is 10.0. The Hall–Kier alpha value is -3.06. The second kappa shape index (κ2) is 8.75. The summed E-state index contributed by atoms with van der Waals surface area (Å²) in [6.07, 6.45) is 3.37. The number of anilines is 1. The number of carbonyl (C=O) groups is 1. The van der Waals surface area contributed by atoms with Crippen LogP contribution >= 0.6 is 0 Å². The minimum atomic E-state index is -0.592. The zero-order chi connectivity index (χ0) is 21.1. The van der Waals surface area contributed by atoms with Crippen LogP contribution in [0.25, 0.3) is 0 Å². The summed E-state index contributed by atoms with van der Waals surface area (Å²) in [5.74, 6) is -1.18. The smallest absolute Gasteiger partial charge is 0.246 e. The molecule has 0 spiro atoms. The quantitative estimate of drug-likeness (QED) is 0.770. The summed E-state index contributed by atoms with van der Waals surface area (Å²) in [6.45, 7) is 4.11. The van der Waals surface area contributed by atoms with E-state index in [1.54, 1.807) is 12.2 Å². The third-order valence-electron chi connectivity index (χ3n) is 5.42. The Morgan fingerprint density at radius 1 is 1.10 bits per heavy atom. The fourth-order valence-corrected chi connectivity index (χ4v) is 3.66. The highest BCUT2D eigenvalue weighted by atomic mass is 19.1. The Bertz CT molecular complexity index is 990. The average Bonchev–Trinajstić information content (AvgIpc) is 3.12. The van der Waals surface area contributed by atoms with E-state index in [9.17, 15) is 13.6 Å². The molecule has 2 aromatic rings. The number of amides is 1. The monoisotopic (exact) mass is 410 g/mol. The van der Waals surface area contributed by atoms with Crippen LogP contribution < -0.4 is 5.32 Å². The summed E-state index contributed by atoms with van der Waals surface area (Å²) in [4.78, 5) is 21.0. The van der Waals surface area contributed by atoms with E-state index in [1.807, 2.05) is 23.1 Å². The Morgan fingerprint density at radius 3 is 2.57 bits per heavy atom. The topological polar surface area (TPSA) is 47.9 Å². The lowest BCUT2D eigenvalue weighted by molar-refractivity contribution is -0.127. The summed E-state index contributed by atoms with van der Waals surface area (Å²) in [5, 5.41) is 3.19. The highest BCUT2D eigenvalue weighted by molar-refractivity contribution is 6.13. The first-order valence-corrected chi connectivity index (χ1v) is 10.00. The molecule has 0 aromatic heterocycles. The van der Waals surface area contributed by atoms with Gasteiger partial charge in [-0.3, -0.25) is 9.79 Å². The van der Waals surface area contributed by atoms with Crippen molar-refractivity contribution in [3.05, 3.63) is 76.9 Å². The third kappa shape index (κ3) is 4.74. The molecular formula is C23H24F2N4O. The van der Waals surface area contributed by atoms with E-state index in [0.717, 1.165) is 54.8 Å². The van der Waals surface area contributed by atoms with Crippen LogP contribution in [0, 0.1) is 11.6 Å². The molecule has 4 rings (SSSR count). The van der Waals surface area contributed by atoms with Gasteiger partial charge in [-0.25, -0.2) is 8.78 Å². The van der Waals surface area contributed by atoms with Gasteiger partial charge in [-0.1, -0.05) is 6.07 Å². The van der Waals surface area contributed by atoms with Gasteiger partial charge in [0.1, 0.15) is 11.6 Å². The van der Waals surface area contributed by atoms with Gasteiger partial charge in [0.2, 0.25) is 5.91 Å².